The normalized spacial score (nSPS) is 15.5. The predicted molar refractivity (Wildman–Crippen MR) is 107 cm³/mol. The van der Waals surface area contributed by atoms with Crippen LogP contribution in [0.15, 0.2) is 48.5 Å². The highest BCUT2D eigenvalue weighted by atomic mass is 32.2. The Balaban J connectivity index is 1.78. The molecule has 3 rings (SSSR count). The number of nitrogens with zero attached hydrogens (tertiary/aromatic N) is 3. The molecule has 0 atom stereocenters. The second-order valence-electron chi connectivity index (χ2n) is 7.04. The number of rotatable bonds is 5. The van der Waals surface area contributed by atoms with Crippen molar-refractivity contribution in [1.29, 1.82) is 0 Å². The average Bonchev–Trinajstić information content (AvgIpc) is 2.67. The molecule has 8 heteroatoms. The number of anilines is 1. The predicted octanol–water partition coefficient (Wildman–Crippen LogP) is 2.18. The molecular formula is C20H24FN3O3S. The lowest BCUT2D eigenvalue weighted by Crippen LogP contribution is -2.47. The Morgan fingerprint density at radius 1 is 1.00 bits per heavy atom. The number of sulfonamides is 1. The SMILES string of the molecule is CN1CCN(C(=O)c2ccc(N(Cc3ccc(F)cc3)S(C)(=O)=O)cc2)CC1. The number of amides is 1. The molecule has 1 amide bonds. The first-order chi connectivity index (χ1) is 13.2. The summed E-state index contributed by atoms with van der Waals surface area (Å²) in [6.07, 6.45) is 1.12. The molecule has 0 saturated carbocycles. The summed E-state index contributed by atoms with van der Waals surface area (Å²) in [7, 11) is -1.52. The second kappa shape index (κ2) is 8.28. The fraction of sp³-hybridized carbons (Fsp3) is 0.350. The van der Waals surface area contributed by atoms with E-state index in [0.29, 0.717) is 29.9 Å². The lowest BCUT2D eigenvalue weighted by atomic mass is 10.1. The maximum atomic E-state index is 13.1. The zero-order valence-electron chi connectivity index (χ0n) is 16.0. The van der Waals surface area contributed by atoms with Crippen LogP contribution < -0.4 is 4.31 Å². The summed E-state index contributed by atoms with van der Waals surface area (Å²) in [5.74, 6) is -0.425. The van der Waals surface area contributed by atoms with Gasteiger partial charge in [0.15, 0.2) is 0 Å². The van der Waals surface area contributed by atoms with Crippen LogP contribution in [0, 0.1) is 5.82 Å². The molecule has 1 aliphatic heterocycles. The Kier molecular flexibility index (Phi) is 6.00. The van der Waals surface area contributed by atoms with E-state index in [1.165, 1.54) is 16.4 Å². The van der Waals surface area contributed by atoms with E-state index in [4.69, 9.17) is 0 Å². The molecule has 0 radical (unpaired) electrons. The second-order valence-corrected chi connectivity index (χ2v) is 8.95. The lowest BCUT2D eigenvalue weighted by Gasteiger charge is -2.32. The third kappa shape index (κ3) is 4.88. The summed E-state index contributed by atoms with van der Waals surface area (Å²) in [4.78, 5) is 16.6. The number of likely N-dealkylation sites (N-methyl/N-ethyl adjacent to an activating group) is 1. The first-order valence-corrected chi connectivity index (χ1v) is 10.9. The molecule has 150 valence electrons. The van der Waals surface area contributed by atoms with Crippen LogP contribution in [0.5, 0.6) is 0 Å². The number of halogens is 1. The molecular weight excluding hydrogens is 381 g/mol. The highest BCUT2D eigenvalue weighted by Gasteiger charge is 2.22. The molecule has 0 bridgehead atoms. The van der Waals surface area contributed by atoms with Crippen molar-refractivity contribution in [2.75, 3.05) is 43.8 Å². The Hall–Kier alpha value is -2.45. The van der Waals surface area contributed by atoms with Crippen molar-refractivity contribution >= 4 is 21.6 Å². The summed E-state index contributed by atoms with van der Waals surface area (Å²) < 4.78 is 38.9. The number of carbonyl (C=O) groups is 1. The van der Waals surface area contributed by atoms with Gasteiger partial charge in [-0.05, 0) is 49.0 Å². The summed E-state index contributed by atoms with van der Waals surface area (Å²) >= 11 is 0. The van der Waals surface area contributed by atoms with Gasteiger partial charge >= 0.3 is 0 Å². The topological polar surface area (TPSA) is 60.9 Å². The molecule has 0 N–H and O–H groups in total. The Bertz CT molecular complexity index is 922. The van der Waals surface area contributed by atoms with Crippen molar-refractivity contribution in [2.45, 2.75) is 6.54 Å². The summed E-state index contributed by atoms with van der Waals surface area (Å²) in [6.45, 7) is 3.12. The smallest absolute Gasteiger partial charge is 0.253 e. The van der Waals surface area contributed by atoms with E-state index >= 15 is 0 Å². The number of carbonyl (C=O) groups excluding carboxylic acids is 1. The van der Waals surface area contributed by atoms with E-state index in [1.54, 1.807) is 36.4 Å². The van der Waals surface area contributed by atoms with E-state index < -0.39 is 10.0 Å². The summed E-state index contributed by atoms with van der Waals surface area (Å²) in [5.41, 5.74) is 1.66. The van der Waals surface area contributed by atoms with Crippen molar-refractivity contribution in [2.24, 2.45) is 0 Å². The number of hydrogen-bond donors (Lipinski definition) is 0. The highest BCUT2D eigenvalue weighted by Crippen LogP contribution is 2.22. The van der Waals surface area contributed by atoms with Gasteiger partial charge in [-0.15, -0.1) is 0 Å². The fourth-order valence-corrected chi connectivity index (χ4v) is 4.01. The van der Waals surface area contributed by atoms with Crippen LogP contribution in [-0.4, -0.2) is 63.6 Å². The van der Waals surface area contributed by atoms with Crippen LogP contribution in [0.2, 0.25) is 0 Å². The molecule has 1 aliphatic rings. The molecule has 2 aromatic carbocycles. The average molecular weight is 405 g/mol. The van der Waals surface area contributed by atoms with Gasteiger partial charge in [0.2, 0.25) is 10.0 Å². The number of benzene rings is 2. The van der Waals surface area contributed by atoms with Crippen molar-refractivity contribution in [3.63, 3.8) is 0 Å². The first-order valence-electron chi connectivity index (χ1n) is 9.04. The van der Waals surface area contributed by atoms with Crippen molar-refractivity contribution in [3.8, 4) is 0 Å². The third-order valence-corrected chi connectivity index (χ3v) is 5.97. The van der Waals surface area contributed by atoms with Gasteiger partial charge in [-0.2, -0.15) is 0 Å². The van der Waals surface area contributed by atoms with Gasteiger partial charge in [-0.1, -0.05) is 12.1 Å². The molecule has 1 fully saturated rings. The Morgan fingerprint density at radius 2 is 1.57 bits per heavy atom. The van der Waals surface area contributed by atoms with E-state index in [-0.39, 0.29) is 18.3 Å². The van der Waals surface area contributed by atoms with Gasteiger partial charge in [0.05, 0.1) is 18.5 Å². The highest BCUT2D eigenvalue weighted by molar-refractivity contribution is 7.92. The minimum atomic E-state index is -3.55. The number of piperazine rings is 1. The quantitative estimate of drug-likeness (QED) is 0.765. The van der Waals surface area contributed by atoms with Crippen LogP contribution >= 0.6 is 0 Å². The molecule has 6 nitrogen and oxygen atoms in total. The van der Waals surface area contributed by atoms with Crippen LogP contribution in [0.4, 0.5) is 10.1 Å². The van der Waals surface area contributed by atoms with Gasteiger partial charge in [0.25, 0.3) is 5.91 Å². The van der Waals surface area contributed by atoms with Crippen LogP contribution in [0.3, 0.4) is 0 Å². The van der Waals surface area contributed by atoms with Gasteiger partial charge in [0, 0.05) is 31.7 Å². The van der Waals surface area contributed by atoms with E-state index in [1.807, 2.05) is 11.9 Å². The molecule has 2 aromatic rings. The first kappa shape index (κ1) is 20.3. The summed E-state index contributed by atoms with van der Waals surface area (Å²) in [5, 5.41) is 0. The van der Waals surface area contributed by atoms with Gasteiger partial charge in [-0.3, -0.25) is 9.10 Å². The minimum absolute atomic E-state index is 0.0518. The van der Waals surface area contributed by atoms with Crippen LogP contribution in [-0.2, 0) is 16.6 Å². The van der Waals surface area contributed by atoms with E-state index in [2.05, 4.69) is 4.90 Å². The molecule has 0 unspecified atom stereocenters. The standard InChI is InChI=1S/C20H24FN3O3S/c1-22-11-13-23(14-12-22)20(25)17-5-9-19(10-6-17)24(28(2,26)27)15-16-3-7-18(21)8-4-16/h3-10H,11-15H2,1-2H3. The van der Waals surface area contributed by atoms with E-state index in [9.17, 15) is 17.6 Å². The molecule has 1 saturated heterocycles. The van der Waals surface area contributed by atoms with Crippen LogP contribution in [0.1, 0.15) is 15.9 Å². The molecule has 0 spiro atoms. The largest absolute Gasteiger partial charge is 0.336 e. The zero-order valence-corrected chi connectivity index (χ0v) is 16.8. The third-order valence-electron chi connectivity index (χ3n) is 4.83. The van der Waals surface area contributed by atoms with Gasteiger partial charge in [-0.25, -0.2) is 12.8 Å². The fourth-order valence-electron chi connectivity index (χ4n) is 3.12. The zero-order chi connectivity index (χ0) is 20.3. The molecule has 0 aromatic heterocycles. The Morgan fingerprint density at radius 3 is 2.11 bits per heavy atom. The molecule has 28 heavy (non-hydrogen) atoms. The maximum absolute atomic E-state index is 13.1. The Labute approximate surface area is 165 Å². The molecule has 1 heterocycles. The van der Waals surface area contributed by atoms with Crippen molar-refractivity contribution < 1.29 is 17.6 Å². The minimum Gasteiger partial charge on any atom is -0.336 e. The maximum Gasteiger partial charge on any atom is 0.253 e. The number of hydrogen-bond acceptors (Lipinski definition) is 4. The van der Waals surface area contributed by atoms with Crippen LogP contribution in [0.25, 0.3) is 0 Å². The van der Waals surface area contributed by atoms with Gasteiger partial charge < -0.3 is 9.80 Å². The lowest BCUT2D eigenvalue weighted by molar-refractivity contribution is 0.0664. The van der Waals surface area contributed by atoms with Crippen molar-refractivity contribution in [1.82, 2.24) is 9.80 Å². The monoisotopic (exact) mass is 405 g/mol. The van der Waals surface area contributed by atoms with Gasteiger partial charge in [0.1, 0.15) is 5.82 Å². The van der Waals surface area contributed by atoms with Crippen molar-refractivity contribution in [3.05, 3.63) is 65.5 Å². The summed E-state index contributed by atoms with van der Waals surface area (Å²) in [6, 6.07) is 12.3. The molecule has 0 aliphatic carbocycles. The van der Waals surface area contributed by atoms with E-state index in [0.717, 1.165) is 19.3 Å².